The van der Waals surface area contributed by atoms with Gasteiger partial charge in [-0.15, -0.1) is 0 Å². The third-order valence-corrected chi connectivity index (χ3v) is 3.01. The van der Waals surface area contributed by atoms with Gasteiger partial charge < -0.3 is 30.5 Å². The molecule has 0 radical (unpaired) electrons. The number of para-hydroxylation sites is 1. The lowest BCUT2D eigenvalue weighted by atomic mass is 9.96. The number of anilines is 1. The number of nitrogens with one attached hydrogen (secondary N) is 1. The monoisotopic (exact) mass is 255 g/mol. The van der Waals surface area contributed by atoms with Crippen LogP contribution in [0.5, 0.6) is 0 Å². The van der Waals surface area contributed by atoms with Crippen molar-refractivity contribution in [1.29, 1.82) is 0 Å². The van der Waals surface area contributed by atoms with Crippen LogP contribution in [0, 0.1) is 0 Å². The van der Waals surface area contributed by atoms with Crippen molar-refractivity contribution in [1.82, 2.24) is 0 Å². The Bertz CT molecular complexity index is 374. The van der Waals surface area contributed by atoms with Gasteiger partial charge >= 0.3 is 0 Å². The average molecular weight is 255 g/mol. The second-order valence-corrected chi connectivity index (χ2v) is 4.27. The zero-order valence-corrected chi connectivity index (χ0v) is 9.68. The van der Waals surface area contributed by atoms with E-state index in [4.69, 9.17) is 9.84 Å². The first-order valence-corrected chi connectivity index (χ1v) is 5.75. The molecule has 0 aliphatic carbocycles. The molecule has 1 aliphatic heterocycles. The number of ether oxygens (including phenoxy) is 1. The summed E-state index contributed by atoms with van der Waals surface area (Å²) in [6.07, 6.45) is -4.76. The lowest BCUT2D eigenvalue weighted by Gasteiger charge is -2.40. The van der Waals surface area contributed by atoms with Gasteiger partial charge in [0.05, 0.1) is 12.6 Å². The van der Waals surface area contributed by atoms with Crippen molar-refractivity contribution in [3.05, 3.63) is 30.3 Å². The molecule has 6 heteroatoms. The summed E-state index contributed by atoms with van der Waals surface area (Å²) >= 11 is 0. The molecule has 1 aromatic carbocycles. The van der Waals surface area contributed by atoms with E-state index in [9.17, 15) is 15.3 Å². The fourth-order valence-electron chi connectivity index (χ4n) is 2.00. The van der Waals surface area contributed by atoms with E-state index in [-0.39, 0.29) is 0 Å². The molecule has 5 atom stereocenters. The average Bonchev–Trinajstić information content (AvgIpc) is 2.40. The minimum Gasteiger partial charge on any atom is -0.394 e. The molecule has 2 rings (SSSR count). The van der Waals surface area contributed by atoms with Gasteiger partial charge in [0.2, 0.25) is 0 Å². The lowest BCUT2D eigenvalue weighted by molar-refractivity contribution is -0.255. The molecule has 0 saturated carbocycles. The number of benzene rings is 1. The van der Waals surface area contributed by atoms with Crippen LogP contribution in [0.1, 0.15) is 0 Å². The van der Waals surface area contributed by atoms with Crippen LogP contribution in [0.4, 0.5) is 5.69 Å². The summed E-state index contributed by atoms with van der Waals surface area (Å²) < 4.78 is 4.89. The van der Waals surface area contributed by atoms with Crippen molar-refractivity contribution in [2.45, 2.75) is 30.6 Å². The Hall–Kier alpha value is -1.18. The Morgan fingerprint density at radius 1 is 1.06 bits per heavy atom. The summed E-state index contributed by atoms with van der Waals surface area (Å²) in [7, 11) is 0. The molecule has 0 bridgehead atoms. The van der Waals surface area contributed by atoms with Gasteiger partial charge in [-0.3, -0.25) is 0 Å². The normalized spacial score (nSPS) is 36.3. The van der Waals surface area contributed by atoms with Gasteiger partial charge in [-0.2, -0.15) is 0 Å². The maximum Gasteiger partial charge on any atom is 0.183 e. The first-order valence-electron chi connectivity index (χ1n) is 5.75. The Morgan fingerprint density at radius 3 is 2.33 bits per heavy atom. The molecule has 1 aliphatic rings. The summed E-state index contributed by atoms with van der Waals surface area (Å²) in [5.74, 6) is 0. The molecule has 100 valence electrons. The van der Waals surface area contributed by atoms with Crippen LogP contribution < -0.4 is 5.32 Å². The van der Waals surface area contributed by atoms with Crippen LogP contribution in [0.3, 0.4) is 0 Å². The minimum atomic E-state index is -1.44. The van der Waals surface area contributed by atoms with Gasteiger partial charge in [-0.1, -0.05) is 18.2 Å². The van der Waals surface area contributed by atoms with Crippen molar-refractivity contribution in [3.8, 4) is 0 Å². The summed E-state index contributed by atoms with van der Waals surface area (Å²) in [6.45, 7) is -0.433. The summed E-state index contributed by atoms with van der Waals surface area (Å²) in [4.78, 5) is 0. The van der Waals surface area contributed by atoms with E-state index in [1.54, 1.807) is 24.3 Å². The van der Waals surface area contributed by atoms with E-state index < -0.39 is 37.3 Å². The van der Waals surface area contributed by atoms with Crippen molar-refractivity contribution in [2.24, 2.45) is 0 Å². The number of aliphatic hydroxyl groups is 4. The number of hydrogen-bond acceptors (Lipinski definition) is 6. The molecule has 0 amide bonds. The van der Waals surface area contributed by atoms with Crippen molar-refractivity contribution in [2.75, 3.05) is 11.9 Å². The lowest BCUT2D eigenvalue weighted by Crippen LogP contribution is -2.61. The molecule has 1 heterocycles. The second kappa shape index (κ2) is 5.64. The Labute approximate surface area is 104 Å². The van der Waals surface area contributed by atoms with E-state index in [1.165, 1.54) is 0 Å². The molecule has 1 saturated heterocycles. The first-order chi connectivity index (χ1) is 8.63. The van der Waals surface area contributed by atoms with Crippen LogP contribution in [-0.4, -0.2) is 57.7 Å². The second-order valence-electron chi connectivity index (χ2n) is 4.27. The molecule has 0 unspecified atom stereocenters. The van der Waals surface area contributed by atoms with E-state index in [0.717, 1.165) is 0 Å². The molecule has 18 heavy (non-hydrogen) atoms. The zero-order chi connectivity index (χ0) is 13.1. The first kappa shape index (κ1) is 13.3. The Morgan fingerprint density at radius 2 is 1.72 bits per heavy atom. The summed E-state index contributed by atoms with van der Waals surface area (Å²) in [6, 6.07) is 8.19. The standard InChI is InChI=1S/C12H17NO5/c14-6-8-10(15)9(11(16)12(17)18-8)13-7-4-2-1-3-5-7/h1-5,8-17H,6H2/t8-,9-,10+,11-,12-/m1/s1. The summed E-state index contributed by atoms with van der Waals surface area (Å²) in [5, 5.41) is 41.2. The molecule has 0 spiro atoms. The van der Waals surface area contributed by atoms with Crippen LogP contribution in [-0.2, 0) is 4.74 Å². The summed E-state index contributed by atoms with van der Waals surface area (Å²) in [5.41, 5.74) is 0.700. The predicted octanol–water partition coefficient (Wildman–Crippen LogP) is -1.10. The van der Waals surface area contributed by atoms with E-state index in [2.05, 4.69) is 5.32 Å². The number of hydrogen-bond donors (Lipinski definition) is 5. The fourth-order valence-corrected chi connectivity index (χ4v) is 2.00. The third kappa shape index (κ3) is 2.63. The highest BCUT2D eigenvalue weighted by molar-refractivity contribution is 5.44. The molecular formula is C12H17NO5. The SMILES string of the molecule is OC[C@H]1O[C@@H](O)[C@H](O)[C@H](Nc2ccccc2)[C@H]1O. The quantitative estimate of drug-likeness (QED) is 0.470. The smallest absolute Gasteiger partial charge is 0.183 e. The highest BCUT2D eigenvalue weighted by atomic mass is 16.6. The van der Waals surface area contributed by atoms with Gasteiger partial charge in [0.1, 0.15) is 18.3 Å². The van der Waals surface area contributed by atoms with Crippen molar-refractivity contribution >= 4 is 5.69 Å². The highest BCUT2D eigenvalue weighted by Crippen LogP contribution is 2.23. The topological polar surface area (TPSA) is 102 Å². The predicted molar refractivity (Wildman–Crippen MR) is 63.8 cm³/mol. The third-order valence-electron chi connectivity index (χ3n) is 3.01. The maximum atomic E-state index is 9.96. The zero-order valence-electron chi connectivity index (χ0n) is 9.68. The van der Waals surface area contributed by atoms with Crippen LogP contribution >= 0.6 is 0 Å². The van der Waals surface area contributed by atoms with Crippen molar-refractivity contribution < 1.29 is 25.2 Å². The highest BCUT2D eigenvalue weighted by Gasteiger charge is 2.43. The van der Waals surface area contributed by atoms with Crippen molar-refractivity contribution in [3.63, 3.8) is 0 Å². The van der Waals surface area contributed by atoms with E-state index in [1.807, 2.05) is 6.07 Å². The van der Waals surface area contributed by atoms with Crippen LogP contribution in [0.2, 0.25) is 0 Å². The fraction of sp³-hybridized carbons (Fsp3) is 0.500. The Kier molecular flexibility index (Phi) is 4.15. The molecule has 6 nitrogen and oxygen atoms in total. The molecule has 0 aromatic heterocycles. The van der Waals surface area contributed by atoms with Gasteiger partial charge in [-0.25, -0.2) is 0 Å². The maximum absolute atomic E-state index is 9.96. The van der Waals surface area contributed by atoms with Gasteiger partial charge in [0.25, 0.3) is 0 Å². The van der Waals surface area contributed by atoms with Gasteiger partial charge in [0, 0.05) is 5.69 Å². The van der Waals surface area contributed by atoms with Crippen LogP contribution in [0.15, 0.2) is 30.3 Å². The van der Waals surface area contributed by atoms with Crippen LogP contribution in [0.25, 0.3) is 0 Å². The molecule has 1 aromatic rings. The van der Waals surface area contributed by atoms with E-state index >= 15 is 0 Å². The molecule has 1 fully saturated rings. The minimum absolute atomic E-state index is 0.433. The largest absolute Gasteiger partial charge is 0.394 e. The Balaban J connectivity index is 2.13. The van der Waals surface area contributed by atoms with Gasteiger partial charge in [0.15, 0.2) is 6.29 Å². The molecule has 5 N–H and O–H groups in total. The number of rotatable bonds is 3. The van der Waals surface area contributed by atoms with Gasteiger partial charge in [-0.05, 0) is 12.1 Å². The van der Waals surface area contributed by atoms with E-state index in [0.29, 0.717) is 5.69 Å². The molecular weight excluding hydrogens is 238 g/mol. The number of aliphatic hydroxyl groups excluding tert-OH is 4.